The molecule has 0 radical (unpaired) electrons. The molecule has 1 rings (SSSR count). The van der Waals surface area contributed by atoms with E-state index >= 15 is 0 Å². The Morgan fingerprint density at radius 1 is 1.36 bits per heavy atom. The zero-order valence-electron chi connectivity index (χ0n) is 7.46. The average Bonchev–Trinajstić information content (AvgIpc) is 2.20. The van der Waals surface area contributed by atoms with Crippen molar-refractivity contribution in [2.75, 3.05) is 11.8 Å². The van der Waals surface area contributed by atoms with E-state index in [1.807, 2.05) is 0 Å². The number of rotatable bonds is 4. The number of aryl methyl sites for hydroxylation is 1. The molecule has 76 valence electrons. The predicted molar refractivity (Wildman–Crippen MR) is 57.6 cm³/mol. The monoisotopic (exact) mass is 232 g/mol. The molecular formula is C10H10Cl2O2. The summed E-state index contributed by atoms with van der Waals surface area (Å²) in [6.45, 7) is 0. The molecule has 0 unspecified atom stereocenters. The van der Waals surface area contributed by atoms with Gasteiger partial charge in [-0.05, 0) is 18.1 Å². The van der Waals surface area contributed by atoms with Gasteiger partial charge < -0.3 is 5.11 Å². The van der Waals surface area contributed by atoms with E-state index in [1.54, 1.807) is 18.2 Å². The number of para-hydroxylation sites is 1. The van der Waals surface area contributed by atoms with Crippen LogP contribution in [-0.4, -0.2) is 22.6 Å². The Labute approximate surface area is 92.5 Å². The molecule has 4 heteroatoms. The minimum Gasteiger partial charge on any atom is -0.507 e. The maximum Gasteiger partial charge on any atom is 0.181 e. The van der Waals surface area contributed by atoms with Crippen LogP contribution in [0.2, 0.25) is 0 Å². The highest BCUT2D eigenvalue weighted by molar-refractivity contribution is 6.30. The zero-order chi connectivity index (χ0) is 10.6. The number of Topliss-reactive ketones (excluding diaryl/α,β-unsaturated/α-hetero) is 1. The molecule has 0 fully saturated rings. The van der Waals surface area contributed by atoms with Crippen molar-refractivity contribution in [3.63, 3.8) is 0 Å². The second-order valence-corrected chi connectivity index (χ2v) is 3.45. The number of benzene rings is 1. The average molecular weight is 233 g/mol. The summed E-state index contributed by atoms with van der Waals surface area (Å²) >= 11 is 11.0. The van der Waals surface area contributed by atoms with Crippen molar-refractivity contribution in [1.29, 1.82) is 0 Å². The second kappa shape index (κ2) is 5.23. The Hall–Kier alpha value is -0.730. The fourth-order valence-corrected chi connectivity index (χ4v) is 1.54. The minimum atomic E-state index is -0.277. The van der Waals surface area contributed by atoms with Gasteiger partial charge in [-0.3, -0.25) is 4.79 Å². The fourth-order valence-electron chi connectivity index (χ4n) is 1.19. The van der Waals surface area contributed by atoms with E-state index in [-0.39, 0.29) is 23.0 Å². The quantitative estimate of drug-likeness (QED) is 0.641. The molecule has 0 amide bonds. The Morgan fingerprint density at radius 3 is 2.64 bits per heavy atom. The molecule has 0 aliphatic heterocycles. The number of halogens is 2. The first kappa shape index (κ1) is 11.3. The lowest BCUT2D eigenvalue weighted by molar-refractivity contribution is 0.101. The Balaban J connectivity index is 3.07. The van der Waals surface area contributed by atoms with E-state index < -0.39 is 0 Å². The first-order valence-electron chi connectivity index (χ1n) is 4.16. The van der Waals surface area contributed by atoms with Gasteiger partial charge in [0.15, 0.2) is 5.78 Å². The largest absolute Gasteiger partial charge is 0.507 e. The lowest BCUT2D eigenvalue weighted by atomic mass is 10.0. The van der Waals surface area contributed by atoms with Gasteiger partial charge >= 0.3 is 0 Å². The number of phenols is 1. The van der Waals surface area contributed by atoms with E-state index in [9.17, 15) is 9.90 Å². The number of carbonyl (C=O) groups is 1. The van der Waals surface area contributed by atoms with Crippen LogP contribution < -0.4 is 0 Å². The third-order valence-electron chi connectivity index (χ3n) is 1.91. The maximum atomic E-state index is 11.3. The van der Waals surface area contributed by atoms with Gasteiger partial charge in [-0.15, -0.1) is 23.2 Å². The van der Waals surface area contributed by atoms with Gasteiger partial charge in [0.1, 0.15) is 5.75 Å². The number of phenolic OH excluding ortho intramolecular Hbond substituents is 1. The standard InChI is InChI=1S/C10H10Cl2O2/c11-5-4-7-2-1-3-8(10(7)14)9(13)6-12/h1-3,14H,4-6H2. The number of alkyl halides is 2. The third-order valence-corrected chi connectivity index (χ3v) is 2.34. The van der Waals surface area contributed by atoms with Gasteiger partial charge in [0.25, 0.3) is 0 Å². The first-order valence-corrected chi connectivity index (χ1v) is 5.23. The predicted octanol–water partition coefficient (Wildman–Crippen LogP) is 2.60. The molecule has 14 heavy (non-hydrogen) atoms. The molecule has 0 saturated carbocycles. The van der Waals surface area contributed by atoms with Crippen molar-refractivity contribution >= 4 is 29.0 Å². The SMILES string of the molecule is O=C(CCl)c1cccc(CCCl)c1O. The van der Waals surface area contributed by atoms with Crippen LogP contribution >= 0.6 is 23.2 Å². The molecule has 0 heterocycles. The summed E-state index contributed by atoms with van der Waals surface area (Å²) < 4.78 is 0. The van der Waals surface area contributed by atoms with Crippen LogP contribution in [0.15, 0.2) is 18.2 Å². The fraction of sp³-hybridized carbons (Fsp3) is 0.300. The highest BCUT2D eigenvalue weighted by Crippen LogP contribution is 2.23. The van der Waals surface area contributed by atoms with E-state index in [2.05, 4.69) is 0 Å². The third kappa shape index (κ3) is 2.40. The Bertz CT molecular complexity index is 337. The van der Waals surface area contributed by atoms with Crippen molar-refractivity contribution in [1.82, 2.24) is 0 Å². The molecule has 1 N–H and O–H groups in total. The maximum absolute atomic E-state index is 11.3. The van der Waals surface area contributed by atoms with Crippen LogP contribution in [0.3, 0.4) is 0 Å². The molecule has 0 aliphatic carbocycles. The van der Waals surface area contributed by atoms with Gasteiger partial charge in [0, 0.05) is 5.88 Å². The topological polar surface area (TPSA) is 37.3 Å². The van der Waals surface area contributed by atoms with E-state index in [0.29, 0.717) is 17.9 Å². The van der Waals surface area contributed by atoms with Crippen molar-refractivity contribution in [2.24, 2.45) is 0 Å². The van der Waals surface area contributed by atoms with E-state index in [1.165, 1.54) is 0 Å². The summed E-state index contributed by atoms with van der Waals surface area (Å²) in [6, 6.07) is 5.00. The van der Waals surface area contributed by atoms with Gasteiger partial charge in [-0.2, -0.15) is 0 Å². The van der Waals surface area contributed by atoms with Gasteiger partial charge in [0.2, 0.25) is 0 Å². The zero-order valence-corrected chi connectivity index (χ0v) is 8.98. The van der Waals surface area contributed by atoms with E-state index in [4.69, 9.17) is 23.2 Å². The smallest absolute Gasteiger partial charge is 0.181 e. The lowest BCUT2D eigenvalue weighted by Crippen LogP contribution is -2.02. The molecule has 0 saturated heterocycles. The highest BCUT2D eigenvalue weighted by Gasteiger charge is 2.12. The molecule has 1 aromatic rings. The Morgan fingerprint density at radius 2 is 2.07 bits per heavy atom. The lowest BCUT2D eigenvalue weighted by Gasteiger charge is -2.06. The van der Waals surface area contributed by atoms with Crippen LogP contribution in [0.4, 0.5) is 0 Å². The number of hydrogen-bond acceptors (Lipinski definition) is 2. The first-order chi connectivity index (χ1) is 6.70. The van der Waals surface area contributed by atoms with E-state index in [0.717, 1.165) is 0 Å². The summed E-state index contributed by atoms with van der Waals surface area (Å²) in [5.74, 6) is 0.00337. The molecule has 0 atom stereocenters. The molecule has 0 aromatic heterocycles. The number of ketones is 1. The van der Waals surface area contributed by atoms with Crippen LogP contribution in [0.25, 0.3) is 0 Å². The van der Waals surface area contributed by atoms with Crippen molar-refractivity contribution < 1.29 is 9.90 Å². The summed E-state index contributed by atoms with van der Waals surface area (Å²) in [5.41, 5.74) is 0.943. The van der Waals surface area contributed by atoms with Gasteiger partial charge in [-0.1, -0.05) is 12.1 Å². The summed E-state index contributed by atoms with van der Waals surface area (Å²) in [6.07, 6.45) is 0.538. The van der Waals surface area contributed by atoms with Crippen LogP contribution in [0.1, 0.15) is 15.9 Å². The Kier molecular flexibility index (Phi) is 4.23. The second-order valence-electron chi connectivity index (χ2n) is 2.81. The summed E-state index contributed by atoms with van der Waals surface area (Å²) in [7, 11) is 0. The normalized spacial score (nSPS) is 10.1. The molecule has 0 aliphatic rings. The molecular weight excluding hydrogens is 223 g/mol. The molecule has 2 nitrogen and oxygen atoms in total. The molecule has 0 bridgehead atoms. The van der Waals surface area contributed by atoms with Gasteiger partial charge in [-0.25, -0.2) is 0 Å². The highest BCUT2D eigenvalue weighted by atomic mass is 35.5. The molecule has 1 aromatic carbocycles. The molecule has 0 spiro atoms. The van der Waals surface area contributed by atoms with Crippen LogP contribution in [0.5, 0.6) is 5.75 Å². The van der Waals surface area contributed by atoms with Crippen LogP contribution in [-0.2, 0) is 6.42 Å². The minimum absolute atomic E-state index is 0.00111. The summed E-state index contributed by atoms with van der Waals surface area (Å²) in [5, 5.41) is 9.68. The van der Waals surface area contributed by atoms with Gasteiger partial charge in [0.05, 0.1) is 11.4 Å². The van der Waals surface area contributed by atoms with Crippen molar-refractivity contribution in [3.05, 3.63) is 29.3 Å². The number of carbonyl (C=O) groups excluding carboxylic acids is 1. The van der Waals surface area contributed by atoms with Crippen molar-refractivity contribution in [3.8, 4) is 5.75 Å². The van der Waals surface area contributed by atoms with Crippen LogP contribution in [0, 0.1) is 0 Å². The summed E-state index contributed by atoms with van der Waals surface area (Å²) in [4.78, 5) is 11.3. The van der Waals surface area contributed by atoms with Crippen molar-refractivity contribution in [2.45, 2.75) is 6.42 Å². The number of hydrogen-bond donors (Lipinski definition) is 1. The number of aromatic hydroxyl groups is 1.